The van der Waals surface area contributed by atoms with Crippen LogP contribution in [0, 0.1) is 22.7 Å². The van der Waals surface area contributed by atoms with Crippen LogP contribution >= 0.6 is 0 Å². The summed E-state index contributed by atoms with van der Waals surface area (Å²) in [6.07, 6.45) is 6.56. The summed E-state index contributed by atoms with van der Waals surface area (Å²) in [5.74, 6) is 0.869. The number of ether oxygens (including phenoxy) is 2. The van der Waals surface area contributed by atoms with Crippen LogP contribution in [0.1, 0.15) is 80.1 Å². The van der Waals surface area contributed by atoms with Gasteiger partial charge in [0.1, 0.15) is 11.7 Å². The van der Waals surface area contributed by atoms with Crippen molar-refractivity contribution in [1.29, 1.82) is 0 Å². The molecule has 0 radical (unpaired) electrons. The average molecular weight is 470 g/mol. The van der Waals surface area contributed by atoms with Crippen molar-refractivity contribution in [3.63, 3.8) is 0 Å². The van der Waals surface area contributed by atoms with Crippen molar-refractivity contribution >= 4 is 0 Å². The van der Waals surface area contributed by atoms with Gasteiger partial charge in [0.05, 0.1) is 8.34 Å². The highest BCUT2D eigenvalue weighted by molar-refractivity contribution is 5.63. The molecule has 5 nitrogen and oxygen atoms in total. The van der Waals surface area contributed by atoms with E-state index in [0.29, 0.717) is 5.75 Å². The second-order valence-electron chi connectivity index (χ2n) is 13.6. The van der Waals surface area contributed by atoms with Crippen molar-refractivity contribution in [3.05, 3.63) is 23.2 Å². The fourth-order valence-electron chi connectivity index (χ4n) is 9.42. The number of hydrogen-bond donors (Lipinski definition) is 2. The van der Waals surface area contributed by atoms with Crippen LogP contribution in [0.5, 0.6) is 11.5 Å². The minimum Gasteiger partial charge on any atom is -0.504 e. The van der Waals surface area contributed by atoms with Gasteiger partial charge in [-0.15, -0.1) is 0 Å². The van der Waals surface area contributed by atoms with Crippen LogP contribution in [-0.2, 0) is 16.6 Å². The van der Waals surface area contributed by atoms with E-state index in [1.54, 1.807) is 7.11 Å². The molecule has 5 heteroatoms. The van der Waals surface area contributed by atoms with E-state index in [1.165, 1.54) is 12.8 Å². The van der Waals surface area contributed by atoms with Crippen LogP contribution in [0.3, 0.4) is 0 Å². The average Bonchev–Trinajstić information content (AvgIpc) is 3.58. The van der Waals surface area contributed by atoms with Crippen molar-refractivity contribution in [2.24, 2.45) is 22.7 Å². The third kappa shape index (κ3) is 2.25. The molecule has 1 aromatic rings. The zero-order chi connectivity index (χ0) is 25.6. The molecule has 2 N–H and O–H groups in total. The van der Waals surface area contributed by atoms with Gasteiger partial charge >= 0.3 is 0 Å². The largest absolute Gasteiger partial charge is 0.504 e. The molecule has 4 bridgehead atoms. The Morgan fingerprint density at radius 2 is 1.97 bits per heavy atom. The Kier molecular flexibility index (Phi) is 3.69. The predicted molar refractivity (Wildman–Crippen MR) is 130 cm³/mol. The van der Waals surface area contributed by atoms with Gasteiger partial charge in [-0.25, -0.2) is 0 Å². The summed E-state index contributed by atoms with van der Waals surface area (Å²) in [7, 11) is 1.77. The lowest BCUT2D eigenvalue weighted by Crippen LogP contribution is -2.83. The second kappa shape index (κ2) is 6.33. The molecule has 186 valence electrons. The van der Waals surface area contributed by atoms with Crippen molar-refractivity contribution in [2.45, 2.75) is 101 Å². The summed E-state index contributed by atoms with van der Waals surface area (Å²) in [5.41, 5.74) is -0.621. The van der Waals surface area contributed by atoms with Gasteiger partial charge < -0.3 is 19.7 Å². The Hall–Kier alpha value is -1.30. The van der Waals surface area contributed by atoms with Gasteiger partial charge in [0.25, 0.3) is 0 Å². The van der Waals surface area contributed by atoms with Crippen LogP contribution in [-0.4, -0.2) is 58.7 Å². The second-order valence-corrected chi connectivity index (χ2v) is 13.6. The van der Waals surface area contributed by atoms with Crippen molar-refractivity contribution in [3.8, 4) is 11.5 Å². The zero-order valence-corrected chi connectivity index (χ0v) is 21.3. The number of hydrogen-bond acceptors (Lipinski definition) is 5. The molecule has 34 heavy (non-hydrogen) atoms. The van der Waals surface area contributed by atoms with Crippen molar-refractivity contribution < 1.29 is 22.4 Å². The number of rotatable bonds is 4. The summed E-state index contributed by atoms with van der Waals surface area (Å²) in [6, 6.07) is 0.283. The molecule has 0 aromatic heterocycles. The van der Waals surface area contributed by atoms with Crippen LogP contribution in [0.4, 0.5) is 0 Å². The molecule has 2 spiro atoms. The van der Waals surface area contributed by atoms with Gasteiger partial charge in [-0.2, -0.15) is 0 Å². The van der Waals surface area contributed by atoms with Crippen LogP contribution < -0.4 is 4.74 Å². The van der Waals surface area contributed by atoms with Gasteiger partial charge in [0.2, 0.25) is 0 Å². The molecule has 7 aliphatic rings. The Balaban J connectivity index is 1.50. The molecular weight excluding hydrogens is 426 g/mol. The third-order valence-electron chi connectivity index (χ3n) is 11.7. The number of nitrogens with zero attached hydrogens (tertiary/aromatic N) is 1. The highest BCUT2D eigenvalue weighted by Crippen LogP contribution is 2.78. The van der Waals surface area contributed by atoms with Gasteiger partial charge in [-0.05, 0) is 81.4 Å². The maximum Gasteiger partial charge on any atom is 0.165 e. The molecule has 8 rings (SSSR count). The monoisotopic (exact) mass is 469 g/mol. The number of piperidine rings is 1. The molecule has 7 atom stereocenters. The molecule has 1 unspecified atom stereocenters. The smallest absolute Gasteiger partial charge is 0.165 e. The quantitative estimate of drug-likeness (QED) is 0.684. The topological polar surface area (TPSA) is 62.2 Å². The Bertz CT molecular complexity index is 1160. The fourth-order valence-corrected chi connectivity index (χ4v) is 9.42. The molecule has 4 saturated carbocycles. The van der Waals surface area contributed by atoms with Gasteiger partial charge in [0.15, 0.2) is 11.5 Å². The number of likely N-dealkylation sites (tertiary alicyclic amines) is 1. The Labute approximate surface area is 206 Å². The molecule has 0 amide bonds. The minimum atomic E-state index is -0.991. The normalized spacial score (nSPS) is 44.7. The van der Waals surface area contributed by atoms with E-state index in [9.17, 15) is 10.2 Å². The predicted octanol–water partition coefficient (Wildman–Crippen LogP) is 4.41. The summed E-state index contributed by atoms with van der Waals surface area (Å²) in [6.45, 7) is 10.4. The van der Waals surface area contributed by atoms with Gasteiger partial charge in [-0.1, -0.05) is 26.8 Å². The van der Waals surface area contributed by atoms with E-state index in [4.69, 9.17) is 12.2 Å². The van der Waals surface area contributed by atoms with E-state index in [0.717, 1.165) is 62.2 Å². The molecule has 1 saturated heterocycles. The number of benzene rings is 1. The summed E-state index contributed by atoms with van der Waals surface area (Å²) in [4.78, 5) is 2.70. The third-order valence-corrected chi connectivity index (χ3v) is 11.7. The standard InChI is InChI=1S/C29H41NO4/c1-25(2,3)26(4,32)20-15-27-10-11-29(20,33-5)24-28(27)12-13-30(16-17-6-7-17)21(27)14-18-8-9-19(31)23(34-24)22(18)28/h8-9,17,20-21,24,31-32H,6-7,10-16H2,1-5H3/t20-,21-,24?,26+,27-,28+,29-/m1/s1/i8D,9D. The SMILES string of the molecule is [2H]c1c([2H])c2c3c(c1O)OC1[C@@]4(OC)CC[C@@]5(C[C@@H]4[C@](C)(O)C(C)(C)C)[C@@H](C2)N(CC2CC2)CC[C@]315. The van der Waals surface area contributed by atoms with E-state index in [-0.39, 0.29) is 52.1 Å². The number of phenolic OH excluding ortho intramolecular Hbond substituents is 1. The van der Waals surface area contributed by atoms with E-state index in [1.807, 2.05) is 6.92 Å². The molecule has 2 aliphatic heterocycles. The zero-order valence-electron chi connectivity index (χ0n) is 23.3. The maximum absolute atomic E-state index is 12.2. The number of phenols is 1. The minimum absolute atomic E-state index is 0.119. The maximum atomic E-state index is 12.2. The van der Waals surface area contributed by atoms with Gasteiger partial charge in [-0.3, -0.25) is 4.90 Å². The van der Waals surface area contributed by atoms with E-state index in [2.05, 4.69) is 25.7 Å². The first-order valence-electron chi connectivity index (χ1n) is 14.4. The van der Waals surface area contributed by atoms with Gasteiger partial charge in [0, 0.05) is 42.0 Å². The highest BCUT2D eigenvalue weighted by atomic mass is 16.6. The first-order chi connectivity index (χ1) is 16.9. The van der Waals surface area contributed by atoms with E-state index < -0.39 is 11.2 Å². The number of aromatic hydroxyl groups is 1. The van der Waals surface area contributed by atoms with Crippen LogP contribution in [0.15, 0.2) is 12.1 Å². The summed E-state index contributed by atoms with van der Waals surface area (Å²) >= 11 is 0. The Morgan fingerprint density at radius 1 is 1.21 bits per heavy atom. The molecule has 5 fully saturated rings. The summed E-state index contributed by atoms with van der Waals surface area (Å²) < 4.78 is 30.8. The highest BCUT2D eigenvalue weighted by Gasteiger charge is 2.82. The molecule has 1 aromatic carbocycles. The van der Waals surface area contributed by atoms with E-state index >= 15 is 0 Å². The van der Waals surface area contributed by atoms with Crippen molar-refractivity contribution in [2.75, 3.05) is 20.2 Å². The molecule has 2 heterocycles. The first-order valence-corrected chi connectivity index (χ1v) is 13.4. The molecule has 5 aliphatic carbocycles. The lowest BCUT2D eigenvalue weighted by atomic mass is 9.33. The fraction of sp³-hybridized carbons (Fsp3) is 0.793. The molecular formula is C29H41NO4. The number of aliphatic hydroxyl groups is 1. The lowest BCUT2D eigenvalue weighted by Gasteiger charge is -2.75. The van der Waals surface area contributed by atoms with Crippen LogP contribution in [0.2, 0.25) is 0 Å². The summed E-state index contributed by atoms with van der Waals surface area (Å²) in [5, 5.41) is 23.3. The first kappa shape index (κ1) is 19.8. The van der Waals surface area contributed by atoms with Crippen LogP contribution in [0.25, 0.3) is 0 Å². The number of methoxy groups -OCH3 is 1. The Morgan fingerprint density at radius 3 is 2.65 bits per heavy atom. The lowest BCUT2D eigenvalue weighted by molar-refractivity contribution is -0.312. The van der Waals surface area contributed by atoms with Crippen molar-refractivity contribution in [1.82, 2.24) is 4.90 Å². The number of fused-ring (bicyclic) bond motifs is 2.